The molecule has 0 aliphatic rings. The van der Waals surface area contributed by atoms with Crippen LogP contribution in [-0.2, 0) is 12.7 Å². The lowest BCUT2D eigenvalue weighted by Crippen LogP contribution is -2.30. The van der Waals surface area contributed by atoms with Gasteiger partial charge in [-0.1, -0.05) is 42.5 Å². The third kappa shape index (κ3) is 5.14. The third-order valence-corrected chi connectivity index (χ3v) is 5.74. The molecule has 2 N–H and O–H groups in total. The van der Waals surface area contributed by atoms with E-state index in [1.165, 1.54) is 24.0 Å². The van der Waals surface area contributed by atoms with Crippen LogP contribution in [0.15, 0.2) is 72.8 Å². The molecule has 184 valence electrons. The van der Waals surface area contributed by atoms with Gasteiger partial charge in [-0.25, -0.2) is 9.97 Å². The number of hydrogen-bond acceptors (Lipinski definition) is 5. The van der Waals surface area contributed by atoms with Gasteiger partial charge in [0.15, 0.2) is 0 Å². The lowest BCUT2D eigenvalue weighted by atomic mass is 10.0. The number of anilines is 1. The average molecular weight is 493 g/mol. The maximum Gasteiger partial charge on any atom is 0.451 e. The molecule has 9 heteroatoms. The summed E-state index contributed by atoms with van der Waals surface area (Å²) >= 11 is 0. The number of aromatic hydroxyl groups is 2. The van der Waals surface area contributed by atoms with Gasteiger partial charge in [0.25, 0.3) is 5.91 Å². The number of halogens is 3. The lowest BCUT2D eigenvalue weighted by Gasteiger charge is -2.24. The van der Waals surface area contributed by atoms with Crippen molar-refractivity contribution >= 4 is 11.6 Å². The Hall–Kier alpha value is -4.40. The molecule has 4 rings (SSSR count). The van der Waals surface area contributed by atoms with E-state index in [1.807, 2.05) is 30.3 Å². The number of aryl methyl sites for hydroxylation is 1. The van der Waals surface area contributed by atoms with Gasteiger partial charge in [-0.05, 0) is 49.2 Å². The van der Waals surface area contributed by atoms with Crippen LogP contribution in [0.3, 0.4) is 0 Å². The molecule has 0 fully saturated rings. The zero-order valence-corrected chi connectivity index (χ0v) is 19.4. The number of nitrogens with zero attached hydrogens (tertiary/aromatic N) is 3. The van der Waals surface area contributed by atoms with Crippen molar-refractivity contribution in [2.24, 2.45) is 0 Å². The van der Waals surface area contributed by atoms with E-state index in [1.54, 1.807) is 31.2 Å². The van der Waals surface area contributed by atoms with Crippen molar-refractivity contribution in [1.82, 2.24) is 9.97 Å². The number of phenolic OH excluding ortho intramolecular Hbond substituents is 2. The molecular weight excluding hydrogens is 471 g/mol. The van der Waals surface area contributed by atoms with E-state index in [-0.39, 0.29) is 35.0 Å². The molecule has 1 aromatic heterocycles. The lowest BCUT2D eigenvalue weighted by molar-refractivity contribution is -0.145. The van der Waals surface area contributed by atoms with Gasteiger partial charge in [-0.2, -0.15) is 13.2 Å². The Morgan fingerprint density at radius 2 is 1.58 bits per heavy atom. The Labute approximate surface area is 205 Å². The van der Waals surface area contributed by atoms with Crippen LogP contribution >= 0.6 is 0 Å². The third-order valence-electron chi connectivity index (χ3n) is 5.74. The molecule has 0 bridgehead atoms. The second kappa shape index (κ2) is 9.69. The fourth-order valence-electron chi connectivity index (χ4n) is 3.73. The van der Waals surface area contributed by atoms with E-state index in [0.29, 0.717) is 16.8 Å². The van der Waals surface area contributed by atoms with Crippen molar-refractivity contribution in [3.63, 3.8) is 0 Å². The van der Waals surface area contributed by atoms with Crippen molar-refractivity contribution in [1.29, 1.82) is 0 Å². The molecule has 3 aromatic carbocycles. The van der Waals surface area contributed by atoms with Crippen LogP contribution in [0.4, 0.5) is 18.9 Å². The highest BCUT2D eigenvalue weighted by molar-refractivity contribution is 6.08. The fourth-order valence-corrected chi connectivity index (χ4v) is 3.73. The number of phenols is 2. The minimum atomic E-state index is -4.68. The van der Waals surface area contributed by atoms with Crippen molar-refractivity contribution in [3.8, 4) is 22.8 Å². The van der Waals surface area contributed by atoms with Crippen LogP contribution in [0.2, 0.25) is 0 Å². The first-order chi connectivity index (χ1) is 17.0. The Balaban J connectivity index is 1.75. The summed E-state index contributed by atoms with van der Waals surface area (Å²) < 4.78 is 39.8. The molecule has 4 aromatic rings. The summed E-state index contributed by atoms with van der Waals surface area (Å²) in [7, 11) is 0. The van der Waals surface area contributed by atoms with E-state index < -0.39 is 17.9 Å². The van der Waals surface area contributed by atoms with E-state index in [2.05, 4.69) is 9.97 Å². The Bertz CT molecular complexity index is 1410. The molecular formula is C27H22F3N3O3. The monoisotopic (exact) mass is 493 g/mol. The minimum absolute atomic E-state index is 0.00936. The predicted molar refractivity (Wildman–Crippen MR) is 129 cm³/mol. The van der Waals surface area contributed by atoms with Crippen molar-refractivity contribution < 1.29 is 28.2 Å². The van der Waals surface area contributed by atoms with E-state index in [9.17, 15) is 28.2 Å². The zero-order chi connectivity index (χ0) is 26.0. The molecule has 0 saturated carbocycles. The second-order valence-corrected chi connectivity index (χ2v) is 8.23. The molecule has 0 spiro atoms. The molecule has 0 atom stereocenters. The minimum Gasteiger partial charge on any atom is -0.508 e. The summed E-state index contributed by atoms with van der Waals surface area (Å²) in [6, 6.07) is 19.3. The Morgan fingerprint density at radius 1 is 0.917 bits per heavy atom. The second-order valence-electron chi connectivity index (χ2n) is 8.23. The highest BCUT2D eigenvalue weighted by Gasteiger charge is 2.35. The van der Waals surface area contributed by atoms with Crippen LogP contribution in [0, 0.1) is 13.8 Å². The maximum absolute atomic E-state index is 13.4. The van der Waals surface area contributed by atoms with Crippen molar-refractivity contribution in [3.05, 3.63) is 101 Å². The largest absolute Gasteiger partial charge is 0.508 e. The molecule has 0 aliphatic heterocycles. The molecule has 36 heavy (non-hydrogen) atoms. The first-order valence-electron chi connectivity index (χ1n) is 10.9. The van der Waals surface area contributed by atoms with Gasteiger partial charge < -0.3 is 15.1 Å². The SMILES string of the molecule is Cc1nc(C(F)(F)F)nc(-c2ccc(N(Cc3ccccc3)C(=O)c3ccc(O)cc3O)cc2)c1C. The molecule has 0 radical (unpaired) electrons. The van der Waals surface area contributed by atoms with Gasteiger partial charge >= 0.3 is 6.18 Å². The van der Waals surface area contributed by atoms with Crippen LogP contribution < -0.4 is 4.90 Å². The summed E-state index contributed by atoms with van der Waals surface area (Å²) in [6.45, 7) is 3.31. The highest BCUT2D eigenvalue weighted by atomic mass is 19.4. The van der Waals surface area contributed by atoms with E-state index >= 15 is 0 Å². The standard InChI is InChI=1S/C27H22F3N3O3/c1-16-17(2)31-26(27(28,29)30)32-24(16)19-8-10-20(11-9-19)33(15-18-6-4-3-5-7-18)25(36)22-13-12-21(34)14-23(22)35/h3-14,34-35H,15H2,1-2H3. The summed E-state index contributed by atoms with van der Waals surface area (Å²) in [5, 5.41) is 19.8. The number of rotatable bonds is 5. The van der Waals surface area contributed by atoms with Crippen molar-refractivity contribution in [2.75, 3.05) is 4.90 Å². The zero-order valence-electron chi connectivity index (χ0n) is 19.4. The maximum atomic E-state index is 13.4. The van der Waals surface area contributed by atoms with Gasteiger partial charge in [0.2, 0.25) is 5.82 Å². The van der Waals surface area contributed by atoms with Crippen LogP contribution in [-0.4, -0.2) is 26.1 Å². The quantitative estimate of drug-likeness (QED) is 0.354. The smallest absolute Gasteiger partial charge is 0.451 e. The highest BCUT2D eigenvalue weighted by Crippen LogP contribution is 2.32. The van der Waals surface area contributed by atoms with Crippen molar-refractivity contribution in [2.45, 2.75) is 26.6 Å². The summed E-state index contributed by atoms with van der Waals surface area (Å²) in [5.74, 6) is -2.29. The normalized spacial score (nSPS) is 11.4. The molecule has 0 unspecified atom stereocenters. The number of aromatic nitrogens is 2. The molecule has 0 saturated heterocycles. The Kier molecular flexibility index (Phi) is 6.65. The number of benzene rings is 3. The number of amides is 1. The number of alkyl halides is 3. The van der Waals surface area contributed by atoms with Crippen LogP contribution in [0.5, 0.6) is 11.5 Å². The van der Waals surface area contributed by atoms with Crippen LogP contribution in [0.1, 0.15) is 33.0 Å². The molecule has 6 nitrogen and oxygen atoms in total. The van der Waals surface area contributed by atoms with E-state index in [4.69, 9.17) is 0 Å². The molecule has 1 heterocycles. The van der Waals surface area contributed by atoms with Gasteiger partial charge in [0, 0.05) is 23.0 Å². The first kappa shape index (κ1) is 24.7. The summed E-state index contributed by atoms with van der Waals surface area (Å²) in [6.07, 6.45) is -4.68. The van der Waals surface area contributed by atoms with Gasteiger partial charge in [-0.15, -0.1) is 0 Å². The van der Waals surface area contributed by atoms with Gasteiger partial charge in [0.05, 0.1) is 17.8 Å². The summed E-state index contributed by atoms with van der Waals surface area (Å²) in [5.41, 5.74) is 2.60. The average Bonchev–Trinajstić information content (AvgIpc) is 2.84. The molecule has 1 amide bonds. The topological polar surface area (TPSA) is 86.6 Å². The predicted octanol–water partition coefficient (Wildman–Crippen LogP) is 6.04. The van der Waals surface area contributed by atoms with Gasteiger partial charge in [0.1, 0.15) is 11.5 Å². The van der Waals surface area contributed by atoms with E-state index in [0.717, 1.165) is 11.6 Å². The Morgan fingerprint density at radius 3 is 2.19 bits per heavy atom. The number of carbonyl (C=O) groups excluding carboxylic acids is 1. The fraction of sp³-hybridized carbons (Fsp3) is 0.148. The summed E-state index contributed by atoms with van der Waals surface area (Å²) in [4.78, 5) is 22.2. The van der Waals surface area contributed by atoms with Gasteiger partial charge in [-0.3, -0.25) is 4.79 Å². The van der Waals surface area contributed by atoms with Crippen LogP contribution in [0.25, 0.3) is 11.3 Å². The molecule has 0 aliphatic carbocycles. The number of hydrogen-bond donors (Lipinski definition) is 2. The first-order valence-corrected chi connectivity index (χ1v) is 10.9. The number of carbonyl (C=O) groups is 1.